The first-order chi connectivity index (χ1) is 8.97. The predicted molar refractivity (Wildman–Crippen MR) is 68.7 cm³/mol. The minimum Gasteiger partial charge on any atom is -0.504 e. The lowest BCUT2D eigenvalue weighted by Crippen LogP contribution is -2.41. The maximum atomic E-state index is 11.8. The van der Waals surface area contributed by atoms with Crippen LogP contribution in [0.1, 0.15) is 5.69 Å². The third kappa shape index (κ3) is 3.18. The molecule has 1 aromatic rings. The number of aromatic nitrogens is 1. The average molecular weight is 262 g/mol. The first-order valence-corrected chi connectivity index (χ1v) is 6.01. The Labute approximate surface area is 111 Å². The second-order valence-electron chi connectivity index (χ2n) is 4.71. The molecule has 1 aliphatic rings. The number of carbonyl (C=O) groups excluding carboxylic acids is 2. The van der Waals surface area contributed by atoms with E-state index in [2.05, 4.69) is 4.98 Å². The van der Waals surface area contributed by atoms with Crippen molar-refractivity contribution in [2.24, 2.45) is 5.92 Å². The van der Waals surface area contributed by atoms with Crippen LogP contribution in [-0.2, 0) is 14.2 Å². The Balaban J connectivity index is 2.01. The fraction of sp³-hybridized carbons (Fsp3) is 0.417. The number of carbonyl (C=O) groups is 2. The van der Waals surface area contributed by atoms with Gasteiger partial charge in [0.15, 0.2) is 5.78 Å². The van der Waals surface area contributed by atoms with E-state index < -0.39 is 19.0 Å². The van der Waals surface area contributed by atoms with E-state index >= 15 is 0 Å². The zero-order valence-corrected chi connectivity index (χ0v) is 10.9. The maximum absolute atomic E-state index is 11.8. The number of Topliss-reactive ketones (excluding diaryl/α,β-unsaturated/α-hetero) is 1. The molecule has 7 heteroatoms. The van der Waals surface area contributed by atoms with Crippen molar-refractivity contribution < 1.29 is 19.3 Å². The maximum Gasteiger partial charge on any atom is 0.581 e. The Morgan fingerprint density at radius 3 is 2.89 bits per heavy atom. The molecule has 100 valence electrons. The van der Waals surface area contributed by atoms with Crippen LogP contribution in [0, 0.1) is 12.8 Å². The summed E-state index contributed by atoms with van der Waals surface area (Å²) in [4.78, 5) is 29.2. The van der Waals surface area contributed by atoms with E-state index in [1.807, 2.05) is 0 Å². The molecule has 1 aliphatic heterocycles. The number of pyridine rings is 1. The second kappa shape index (κ2) is 5.50. The standard InChI is InChI=1S/C12H15BN2O4/c1-8-4-3-5-11(14-8)13(18)19-12(17)9-6-15(2)7-10(9)16/h3-5,9,18H,6-7H2,1-2H3. The van der Waals surface area contributed by atoms with E-state index in [9.17, 15) is 14.6 Å². The van der Waals surface area contributed by atoms with Gasteiger partial charge in [0.2, 0.25) is 0 Å². The molecular formula is C12H15BN2O4. The zero-order valence-electron chi connectivity index (χ0n) is 10.9. The summed E-state index contributed by atoms with van der Waals surface area (Å²) in [5.74, 6) is -1.70. The van der Waals surface area contributed by atoms with Gasteiger partial charge in [0.05, 0.1) is 12.1 Å². The number of hydrogen-bond acceptors (Lipinski definition) is 6. The summed E-state index contributed by atoms with van der Waals surface area (Å²) in [5, 5.41) is 9.80. The summed E-state index contributed by atoms with van der Waals surface area (Å²) < 4.78 is 4.90. The minimum atomic E-state index is -1.44. The average Bonchev–Trinajstić information content (AvgIpc) is 2.68. The van der Waals surface area contributed by atoms with Gasteiger partial charge in [-0.15, -0.1) is 0 Å². The van der Waals surface area contributed by atoms with Gasteiger partial charge < -0.3 is 9.68 Å². The molecule has 0 aliphatic carbocycles. The van der Waals surface area contributed by atoms with Crippen LogP contribution in [0.25, 0.3) is 0 Å². The number of aryl methyl sites for hydroxylation is 1. The van der Waals surface area contributed by atoms with Crippen LogP contribution < -0.4 is 5.59 Å². The molecular weight excluding hydrogens is 247 g/mol. The highest BCUT2D eigenvalue weighted by Crippen LogP contribution is 2.12. The molecule has 0 radical (unpaired) electrons. The molecule has 0 saturated carbocycles. The van der Waals surface area contributed by atoms with Crippen LogP contribution in [0.5, 0.6) is 0 Å². The molecule has 6 nitrogen and oxygen atoms in total. The fourth-order valence-corrected chi connectivity index (χ4v) is 2.01. The van der Waals surface area contributed by atoms with E-state index in [4.69, 9.17) is 4.65 Å². The Morgan fingerprint density at radius 2 is 2.32 bits per heavy atom. The number of rotatable bonds is 3. The lowest BCUT2D eigenvalue weighted by atomic mass is 9.84. The molecule has 19 heavy (non-hydrogen) atoms. The van der Waals surface area contributed by atoms with Gasteiger partial charge in [-0.3, -0.25) is 19.5 Å². The van der Waals surface area contributed by atoms with E-state index in [1.165, 1.54) is 0 Å². The first-order valence-electron chi connectivity index (χ1n) is 6.01. The highest BCUT2D eigenvalue weighted by Gasteiger charge is 2.37. The van der Waals surface area contributed by atoms with E-state index in [-0.39, 0.29) is 17.9 Å². The van der Waals surface area contributed by atoms with Crippen molar-refractivity contribution in [2.45, 2.75) is 6.92 Å². The van der Waals surface area contributed by atoms with Crippen LogP contribution in [-0.4, -0.2) is 53.9 Å². The number of likely N-dealkylation sites (N-methyl/N-ethyl adjacent to an activating group) is 1. The summed E-state index contributed by atoms with van der Waals surface area (Å²) in [5.41, 5.74) is 0.969. The van der Waals surface area contributed by atoms with Gasteiger partial charge in [0, 0.05) is 12.2 Å². The van der Waals surface area contributed by atoms with Gasteiger partial charge in [-0.05, 0) is 26.1 Å². The van der Waals surface area contributed by atoms with Crippen LogP contribution in [0.4, 0.5) is 0 Å². The van der Waals surface area contributed by atoms with E-state index in [0.717, 1.165) is 0 Å². The Bertz CT molecular complexity index is 508. The summed E-state index contributed by atoms with van der Waals surface area (Å²) in [6.45, 7) is 2.33. The molecule has 0 spiro atoms. The van der Waals surface area contributed by atoms with Crippen molar-refractivity contribution in [3.05, 3.63) is 23.9 Å². The van der Waals surface area contributed by atoms with Crippen molar-refractivity contribution in [3.63, 3.8) is 0 Å². The lowest BCUT2D eigenvalue weighted by Gasteiger charge is -2.12. The van der Waals surface area contributed by atoms with Crippen LogP contribution >= 0.6 is 0 Å². The third-order valence-electron chi connectivity index (χ3n) is 2.98. The SMILES string of the molecule is Cc1cccc(B(O)OC(=O)C2CN(C)CC2=O)n1. The Hall–Kier alpha value is -1.73. The van der Waals surface area contributed by atoms with Gasteiger partial charge in [-0.1, -0.05) is 6.07 Å². The van der Waals surface area contributed by atoms with Crippen molar-refractivity contribution in [3.8, 4) is 0 Å². The molecule has 1 atom stereocenters. The van der Waals surface area contributed by atoms with Gasteiger partial charge in [0.1, 0.15) is 5.92 Å². The Morgan fingerprint density at radius 1 is 1.58 bits per heavy atom. The summed E-state index contributed by atoms with van der Waals surface area (Å²) >= 11 is 0. The quantitative estimate of drug-likeness (QED) is 0.541. The molecule has 2 rings (SSSR count). The van der Waals surface area contributed by atoms with Crippen molar-refractivity contribution in [1.29, 1.82) is 0 Å². The minimum absolute atomic E-state index is 0.183. The molecule has 2 heterocycles. The molecule has 1 saturated heterocycles. The van der Waals surface area contributed by atoms with Crippen LogP contribution in [0.15, 0.2) is 18.2 Å². The van der Waals surface area contributed by atoms with Crippen LogP contribution in [0.2, 0.25) is 0 Å². The van der Waals surface area contributed by atoms with E-state index in [0.29, 0.717) is 12.2 Å². The van der Waals surface area contributed by atoms with Crippen LogP contribution in [0.3, 0.4) is 0 Å². The number of likely N-dealkylation sites (tertiary alicyclic amines) is 1. The molecule has 0 amide bonds. The van der Waals surface area contributed by atoms with E-state index in [1.54, 1.807) is 37.1 Å². The summed E-state index contributed by atoms with van der Waals surface area (Å²) in [7, 11) is 0.315. The molecule has 1 aromatic heterocycles. The van der Waals surface area contributed by atoms with Gasteiger partial charge >= 0.3 is 13.1 Å². The number of hydrogen-bond donors (Lipinski definition) is 1. The summed E-state index contributed by atoms with van der Waals surface area (Å²) in [6.07, 6.45) is 0. The molecule has 0 bridgehead atoms. The molecule has 1 N–H and O–H groups in total. The van der Waals surface area contributed by atoms with Gasteiger partial charge in [-0.25, -0.2) is 0 Å². The first kappa shape index (κ1) is 13.7. The largest absolute Gasteiger partial charge is 0.581 e. The lowest BCUT2D eigenvalue weighted by molar-refractivity contribution is -0.142. The topological polar surface area (TPSA) is 79.7 Å². The van der Waals surface area contributed by atoms with Crippen molar-refractivity contribution in [1.82, 2.24) is 9.88 Å². The number of ketones is 1. The Kier molecular flexibility index (Phi) is 3.97. The summed E-state index contributed by atoms with van der Waals surface area (Å²) in [6, 6.07) is 5.05. The third-order valence-corrected chi connectivity index (χ3v) is 2.98. The van der Waals surface area contributed by atoms with Crippen molar-refractivity contribution in [2.75, 3.05) is 20.1 Å². The van der Waals surface area contributed by atoms with Crippen molar-refractivity contribution >= 4 is 24.5 Å². The molecule has 1 unspecified atom stereocenters. The smallest absolute Gasteiger partial charge is 0.504 e. The van der Waals surface area contributed by atoms with Gasteiger partial charge in [0.25, 0.3) is 0 Å². The zero-order chi connectivity index (χ0) is 14.0. The highest BCUT2D eigenvalue weighted by atomic mass is 16.6. The number of nitrogens with zero attached hydrogens (tertiary/aromatic N) is 2. The second-order valence-corrected chi connectivity index (χ2v) is 4.71. The normalized spacial score (nSPS) is 19.5. The molecule has 0 aromatic carbocycles. The van der Waals surface area contributed by atoms with Gasteiger partial charge in [-0.2, -0.15) is 0 Å². The fourth-order valence-electron chi connectivity index (χ4n) is 2.01. The monoisotopic (exact) mass is 262 g/mol. The molecule has 1 fully saturated rings. The highest BCUT2D eigenvalue weighted by molar-refractivity contribution is 6.60. The predicted octanol–water partition coefficient (Wildman–Crippen LogP) is -1.25.